The maximum absolute atomic E-state index is 12.1. The molecule has 0 radical (unpaired) electrons. The molecule has 0 fully saturated rings. The molecule has 2 N–H and O–H groups in total. The molecule has 2 aromatic rings. The zero-order valence-electron chi connectivity index (χ0n) is 10.6. The van der Waals surface area contributed by atoms with E-state index in [0.29, 0.717) is 5.56 Å². The zero-order chi connectivity index (χ0) is 15.4. The Morgan fingerprint density at radius 1 is 1.14 bits per heavy atom. The van der Waals surface area contributed by atoms with Gasteiger partial charge in [0, 0.05) is 23.0 Å². The van der Waals surface area contributed by atoms with Crippen LogP contribution in [0.5, 0.6) is 0 Å². The van der Waals surface area contributed by atoms with Crippen molar-refractivity contribution in [3.63, 3.8) is 0 Å². The first kappa shape index (κ1) is 15.3. The van der Waals surface area contributed by atoms with E-state index in [1.165, 1.54) is 24.5 Å². The summed E-state index contributed by atoms with van der Waals surface area (Å²) in [6.45, 7) is 0. The Morgan fingerprint density at radius 2 is 1.86 bits per heavy atom. The molecule has 0 spiro atoms. The lowest BCUT2D eigenvalue weighted by molar-refractivity contribution is -0.139. The molecular weight excluding hydrogens is 315 g/mol. The van der Waals surface area contributed by atoms with Gasteiger partial charge in [0.1, 0.15) is 0 Å². The molecule has 1 atom stereocenters. The number of carbonyl (C=O) groups excluding carboxylic acids is 1. The second-order valence-corrected chi connectivity index (χ2v) is 4.94. The van der Waals surface area contributed by atoms with Gasteiger partial charge < -0.3 is 10.4 Å². The summed E-state index contributed by atoms with van der Waals surface area (Å²) >= 11 is 11.8. The minimum absolute atomic E-state index is 0.137. The molecule has 0 aliphatic rings. The molecule has 0 bridgehead atoms. The van der Waals surface area contributed by atoms with Crippen molar-refractivity contribution in [2.24, 2.45) is 0 Å². The molecule has 2 rings (SSSR count). The van der Waals surface area contributed by atoms with Crippen molar-refractivity contribution >= 4 is 35.1 Å². The molecule has 0 aliphatic heterocycles. The van der Waals surface area contributed by atoms with Crippen molar-refractivity contribution in [3.05, 3.63) is 63.9 Å². The van der Waals surface area contributed by atoms with E-state index in [1.54, 1.807) is 18.2 Å². The number of hydrogen-bond acceptors (Lipinski definition) is 3. The van der Waals surface area contributed by atoms with Crippen LogP contribution in [0.4, 0.5) is 0 Å². The minimum atomic E-state index is -1.27. The average molecular weight is 325 g/mol. The highest BCUT2D eigenvalue weighted by Gasteiger charge is 2.25. The van der Waals surface area contributed by atoms with Crippen molar-refractivity contribution in [2.45, 2.75) is 6.04 Å². The van der Waals surface area contributed by atoms with Gasteiger partial charge in [-0.1, -0.05) is 41.4 Å². The Labute approximate surface area is 130 Å². The van der Waals surface area contributed by atoms with Gasteiger partial charge in [0.25, 0.3) is 5.91 Å². The molecule has 108 valence electrons. The van der Waals surface area contributed by atoms with E-state index in [0.717, 1.165) is 0 Å². The van der Waals surface area contributed by atoms with Gasteiger partial charge >= 0.3 is 5.97 Å². The molecule has 21 heavy (non-hydrogen) atoms. The highest BCUT2D eigenvalue weighted by Crippen LogP contribution is 2.24. The molecule has 1 heterocycles. The Hall–Kier alpha value is -2.11. The SMILES string of the molecule is O=C(N[C@@H](C(=O)O)c1ccccc1Cl)c1ccncc1Cl. The second-order valence-electron chi connectivity index (χ2n) is 4.12. The predicted octanol–water partition coefficient (Wildman–Crippen LogP) is 2.94. The number of rotatable bonds is 4. The summed E-state index contributed by atoms with van der Waals surface area (Å²) in [4.78, 5) is 27.3. The maximum Gasteiger partial charge on any atom is 0.330 e. The number of halogens is 2. The highest BCUT2D eigenvalue weighted by molar-refractivity contribution is 6.33. The van der Waals surface area contributed by atoms with Gasteiger partial charge in [0.15, 0.2) is 6.04 Å². The number of aromatic nitrogens is 1. The maximum atomic E-state index is 12.1. The molecule has 0 saturated carbocycles. The molecule has 1 amide bonds. The summed E-state index contributed by atoms with van der Waals surface area (Å²) in [7, 11) is 0. The molecule has 1 aromatic heterocycles. The predicted molar refractivity (Wildman–Crippen MR) is 78.5 cm³/mol. The molecule has 5 nitrogen and oxygen atoms in total. The van der Waals surface area contributed by atoms with Gasteiger partial charge in [-0.2, -0.15) is 0 Å². The van der Waals surface area contributed by atoms with E-state index in [1.807, 2.05) is 0 Å². The molecule has 0 unspecified atom stereocenters. The van der Waals surface area contributed by atoms with Crippen LogP contribution in [0.2, 0.25) is 10.0 Å². The molecule has 1 aromatic carbocycles. The van der Waals surface area contributed by atoms with Crippen molar-refractivity contribution < 1.29 is 14.7 Å². The van der Waals surface area contributed by atoms with Crippen LogP contribution in [-0.4, -0.2) is 22.0 Å². The van der Waals surface area contributed by atoms with E-state index < -0.39 is 17.9 Å². The summed E-state index contributed by atoms with van der Waals surface area (Å²) < 4.78 is 0. The van der Waals surface area contributed by atoms with Crippen molar-refractivity contribution in [2.75, 3.05) is 0 Å². The van der Waals surface area contributed by atoms with Crippen LogP contribution in [-0.2, 0) is 4.79 Å². The Bertz CT molecular complexity index is 691. The number of pyridine rings is 1. The van der Waals surface area contributed by atoms with Gasteiger partial charge in [0.05, 0.1) is 10.6 Å². The summed E-state index contributed by atoms with van der Waals surface area (Å²) in [5.41, 5.74) is 0.440. The number of nitrogens with zero attached hydrogens (tertiary/aromatic N) is 1. The van der Waals surface area contributed by atoms with Crippen LogP contribution in [0.3, 0.4) is 0 Å². The second kappa shape index (κ2) is 6.56. The molecule has 0 saturated heterocycles. The van der Waals surface area contributed by atoms with Gasteiger partial charge in [-0.15, -0.1) is 0 Å². The van der Waals surface area contributed by atoms with Crippen LogP contribution >= 0.6 is 23.2 Å². The summed E-state index contributed by atoms with van der Waals surface area (Å²) in [5.74, 6) is -1.84. The number of benzene rings is 1. The fraction of sp³-hybridized carbons (Fsp3) is 0.0714. The van der Waals surface area contributed by atoms with E-state index in [4.69, 9.17) is 23.2 Å². The van der Waals surface area contributed by atoms with E-state index in [-0.39, 0.29) is 15.6 Å². The largest absolute Gasteiger partial charge is 0.479 e. The number of amides is 1. The Morgan fingerprint density at radius 3 is 2.48 bits per heavy atom. The first-order valence-electron chi connectivity index (χ1n) is 5.88. The van der Waals surface area contributed by atoms with Crippen molar-refractivity contribution in [3.8, 4) is 0 Å². The number of aliphatic carboxylic acids is 1. The van der Waals surface area contributed by atoms with Gasteiger partial charge in [-0.3, -0.25) is 9.78 Å². The Balaban J connectivity index is 2.30. The summed E-state index contributed by atoms with van der Waals surface area (Å²) in [5, 5.41) is 12.1. The fourth-order valence-corrected chi connectivity index (χ4v) is 2.20. The van der Waals surface area contributed by atoms with E-state index in [2.05, 4.69) is 10.3 Å². The first-order chi connectivity index (χ1) is 10.0. The van der Waals surface area contributed by atoms with Crippen LogP contribution in [0.15, 0.2) is 42.7 Å². The topological polar surface area (TPSA) is 79.3 Å². The lowest BCUT2D eigenvalue weighted by atomic mass is 10.1. The van der Waals surface area contributed by atoms with E-state index in [9.17, 15) is 14.7 Å². The smallest absolute Gasteiger partial charge is 0.330 e. The molecule has 0 aliphatic carbocycles. The summed E-state index contributed by atoms with van der Waals surface area (Å²) in [6, 6.07) is 6.54. The quantitative estimate of drug-likeness (QED) is 0.906. The third-order valence-electron chi connectivity index (χ3n) is 2.76. The van der Waals surface area contributed by atoms with Gasteiger partial charge in [0.2, 0.25) is 0 Å². The third-order valence-corrected chi connectivity index (χ3v) is 3.40. The lowest BCUT2D eigenvalue weighted by Gasteiger charge is -2.16. The van der Waals surface area contributed by atoms with Gasteiger partial charge in [-0.25, -0.2) is 4.79 Å². The summed E-state index contributed by atoms with van der Waals surface area (Å²) in [6.07, 6.45) is 2.70. The van der Waals surface area contributed by atoms with Crippen LogP contribution < -0.4 is 5.32 Å². The average Bonchev–Trinajstić information content (AvgIpc) is 2.45. The van der Waals surface area contributed by atoms with Crippen molar-refractivity contribution in [1.29, 1.82) is 0 Å². The number of nitrogens with one attached hydrogen (secondary N) is 1. The standard InChI is InChI=1S/C14H10Cl2N2O3/c15-10-4-2-1-3-8(10)12(14(20)21)18-13(19)9-5-6-17-7-11(9)16/h1-7,12H,(H,18,19)(H,20,21)/t12-/m1/s1. The van der Waals surface area contributed by atoms with Crippen LogP contribution in [0.25, 0.3) is 0 Å². The number of hydrogen-bond donors (Lipinski definition) is 2. The first-order valence-corrected chi connectivity index (χ1v) is 6.64. The van der Waals surface area contributed by atoms with Crippen LogP contribution in [0.1, 0.15) is 22.0 Å². The van der Waals surface area contributed by atoms with Crippen LogP contribution in [0, 0.1) is 0 Å². The highest BCUT2D eigenvalue weighted by atomic mass is 35.5. The lowest BCUT2D eigenvalue weighted by Crippen LogP contribution is -2.34. The molecule has 7 heteroatoms. The minimum Gasteiger partial charge on any atom is -0.479 e. The molecular formula is C14H10Cl2N2O3. The third kappa shape index (κ3) is 3.51. The number of carbonyl (C=O) groups is 2. The monoisotopic (exact) mass is 324 g/mol. The van der Waals surface area contributed by atoms with Gasteiger partial charge in [-0.05, 0) is 12.1 Å². The zero-order valence-corrected chi connectivity index (χ0v) is 12.1. The normalized spacial score (nSPS) is 11.7. The Kier molecular flexibility index (Phi) is 4.77. The number of carboxylic acid groups (broad SMARTS) is 1. The number of carboxylic acids is 1. The van der Waals surface area contributed by atoms with E-state index >= 15 is 0 Å². The fourth-order valence-electron chi connectivity index (χ4n) is 1.75. The van der Waals surface area contributed by atoms with Crippen molar-refractivity contribution in [1.82, 2.24) is 10.3 Å².